The van der Waals surface area contributed by atoms with Crippen LogP contribution in [-0.2, 0) is 11.4 Å². The summed E-state index contributed by atoms with van der Waals surface area (Å²) in [6.07, 6.45) is 1.81. The van der Waals surface area contributed by atoms with Gasteiger partial charge >= 0.3 is 0 Å². The second-order valence-corrected chi connectivity index (χ2v) is 9.24. The smallest absolute Gasteiger partial charge is 0.269 e. The van der Waals surface area contributed by atoms with E-state index in [1.54, 1.807) is 23.1 Å². The minimum Gasteiger partial charge on any atom is -0.490 e. The molecule has 1 heterocycles. The predicted molar refractivity (Wildman–Crippen MR) is 133 cm³/mol. The number of rotatable bonds is 8. The summed E-state index contributed by atoms with van der Waals surface area (Å²) in [6, 6.07) is 9.96. The Bertz CT molecular complexity index is 1060. The molecule has 0 unspecified atom stereocenters. The van der Waals surface area contributed by atoms with E-state index < -0.39 is 4.92 Å². The molecule has 3 rings (SSSR count). The standard InChI is InChI=1S/C21H19IN2O5S2/c1-3-23-20(25)18(31-21(23)30)11-14-9-16(22)19(17(10-14)28-4-2)29-12-13-5-7-15(8-6-13)24(26)27/h5-11H,3-4,12H2,1-2H3/b18-11-. The molecule has 0 bridgehead atoms. The molecule has 1 saturated heterocycles. The highest BCUT2D eigenvalue weighted by Crippen LogP contribution is 2.38. The van der Waals surface area contributed by atoms with Gasteiger partial charge in [-0.25, -0.2) is 0 Å². The summed E-state index contributed by atoms with van der Waals surface area (Å²) < 4.78 is 13.1. The first-order chi connectivity index (χ1) is 14.8. The Balaban J connectivity index is 1.83. The lowest BCUT2D eigenvalue weighted by atomic mass is 10.1. The maximum Gasteiger partial charge on any atom is 0.269 e. The molecule has 162 valence electrons. The third-order valence-electron chi connectivity index (χ3n) is 4.35. The molecule has 1 aliphatic heterocycles. The summed E-state index contributed by atoms with van der Waals surface area (Å²) in [5.41, 5.74) is 1.65. The van der Waals surface area contributed by atoms with Crippen LogP contribution in [0.4, 0.5) is 5.69 Å². The maximum atomic E-state index is 12.5. The number of thiocarbonyl (C=S) groups is 1. The van der Waals surface area contributed by atoms with Gasteiger partial charge in [-0.05, 0) is 77.9 Å². The van der Waals surface area contributed by atoms with Crippen molar-refractivity contribution < 1.29 is 19.2 Å². The molecule has 1 amide bonds. The van der Waals surface area contributed by atoms with Crippen LogP contribution in [0.15, 0.2) is 41.3 Å². The van der Waals surface area contributed by atoms with Crippen LogP contribution in [0.3, 0.4) is 0 Å². The van der Waals surface area contributed by atoms with Gasteiger partial charge in [0.1, 0.15) is 10.9 Å². The molecule has 0 aliphatic carbocycles. The molecule has 1 aliphatic rings. The number of nitro benzene ring substituents is 1. The summed E-state index contributed by atoms with van der Waals surface area (Å²) in [6.45, 7) is 5.00. The molecule has 0 N–H and O–H groups in total. The summed E-state index contributed by atoms with van der Waals surface area (Å²) in [7, 11) is 0. The zero-order valence-corrected chi connectivity index (χ0v) is 20.6. The van der Waals surface area contributed by atoms with Crippen molar-refractivity contribution in [3.05, 3.63) is 66.1 Å². The first kappa shape index (κ1) is 23.5. The number of hydrogen-bond donors (Lipinski definition) is 0. The predicted octanol–water partition coefficient (Wildman–Crippen LogP) is 5.40. The summed E-state index contributed by atoms with van der Waals surface area (Å²) in [4.78, 5) is 25.0. The van der Waals surface area contributed by atoms with Crippen LogP contribution < -0.4 is 9.47 Å². The van der Waals surface area contributed by atoms with Gasteiger partial charge < -0.3 is 9.47 Å². The fraction of sp³-hybridized carbons (Fsp3) is 0.238. The fourth-order valence-electron chi connectivity index (χ4n) is 2.87. The van der Waals surface area contributed by atoms with Gasteiger partial charge in [-0.15, -0.1) is 0 Å². The van der Waals surface area contributed by atoms with E-state index in [-0.39, 0.29) is 18.2 Å². The van der Waals surface area contributed by atoms with Crippen molar-refractivity contribution in [2.24, 2.45) is 0 Å². The van der Waals surface area contributed by atoms with Crippen molar-refractivity contribution >= 4 is 68.6 Å². The van der Waals surface area contributed by atoms with Gasteiger partial charge in [0, 0.05) is 18.7 Å². The van der Waals surface area contributed by atoms with E-state index in [4.69, 9.17) is 21.7 Å². The molecule has 0 aromatic heterocycles. The number of nitrogens with zero attached hydrogens (tertiary/aromatic N) is 2. The van der Waals surface area contributed by atoms with E-state index >= 15 is 0 Å². The number of ether oxygens (including phenoxy) is 2. The van der Waals surface area contributed by atoms with Crippen LogP contribution in [0.5, 0.6) is 11.5 Å². The highest BCUT2D eigenvalue weighted by atomic mass is 127. The van der Waals surface area contributed by atoms with Crippen LogP contribution in [-0.4, -0.2) is 33.2 Å². The molecule has 1 fully saturated rings. The molecular formula is C21H19IN2O5S2. The number of halogens is 1. The zero-order chi connectivity index (χ0) is 22.5. The number of carbonyl (C=O) groups is 1. The molecule has 0 saturated carbocycles. The topological polar surface area (TPSA) is 81.9 Å². The van der Waals surface area contributed by atoms with Crippen molar-refractivity contribution in [3.63, 3.8) is 0 Å². The molecule has 0 atom stereocenters. The molecule has 2 aromatic rings. The van der Waals surface area contributed by atoms with E-state index in [0.717, 1.165) is 14.7 Å². The Morgan fingerprint density at radius 3 is 2.52 bits per heavy atom. The van der Waals surface area contributed by atoms with E-state index in [2.05, 4.69) is 22.6 Å². The molecule has 31 heavy (non-hydrogen) atoms. The lowest BCUT2D eigenvalue weighted by molar-refractivity contribution is -0.384. The van der Waals surface area contributed by atoms with Crippen molar-refractivity contribution in [3.8, 4) is 11.5 Å². The summed E-state index contributed by atoms with van der Waals surface area (Å²) in [5, 5.41) is 10.8. The van der Waals surface area contributed by atoms with Gasteiger partial charge in [0.25, 0.3) is 11.6 Å². The third kappa shape index (κ3) is 5.55. The Morgan fingerprint density at radius 2 is 1.94 bits per heavy atom. The first-order valence-corrected chi connectivity index (χ1v) is 11.7. The van der Waals surface area contributed by atoms with Crippen LogP contribution >= 0.6 is 46.6 Å². The van der Waals surface area contributed by atoms with Gasteiger partial charge in [0.05, 0.1) is 20.0 Å². The third-order valence-corrected chi connectivity index (χ3v) is 6.53. The highest BCUT2D eigenvalue weighted by Gasteiger charge is 2.30. The van der Waals surface area contributed by atoms with Crippen LogP contribution in [0.2, 0.25) is 0 Å². The van der Waals surface area contributed by atoms with E-state index in [0.29, 0.717) is 33.9 Å². The lowest BCUT2D eigenvalue weighted by Crippen LogP contribution is -2.27. The minimum absolute atomic E-state index is 0.0335. The van der Waals surface area contributed by atoms with Gasteiger partial charge in [0.2, 0.25) is 0 Å². The monoisotopic (exact) mass is 570 g/mol. The number of benzene rings is 2. The second-order valence-electron chi connectivity index (χ2n) is 6.40. The van der Waals surface area contributed by atoms with Crippen LogP contribution in [0.1, 0.15) is 25.0 Å². The average molecular weight is 570 g/mol. The van der Waals surface area contributed by atoms with E-state index in [1.807, 2.05) is 26.0 Å². The van der Waals surface area contributed by atoms with Crippen molar-refractivity contribution in [2.45, 2.75) is 20.5 Å². The summed E-state index contributed by atoms with van der Waals surface area (Å²) in [5.74, 6) is 1.05. The minimum atomic E-state index is -0.437. The number of non-ortho nitro benzene ring substituents is 1. The normalized spacial score (nSPS) is 14.9. The van der Waals surface area contributed by atoms with Gasteiger partial charge in [-0.1, -0.05) is 24.0 Å². The average Bonchev–Trinajstić information content (AvgIpc) is 3.00. The number of thioether (sulfide) groups is 1. The number of likely N-dealkylation sites (N-methyl/N-ethyl adjacent to an activating group) is 1. The van der Waals surface area contributed by atoms with Crippen molar-refractivity contribution in [1.82, 2.24) is 4.90 Å². The van der Waals surface area contributed by atoms with E-state index in [1.165, 1.54) is 23.9 Å². The Labute approximate surface area is 203 Å². The maximum absolute atomic E-state index is 12.5. The van der Waals surface area contributed by atoms with Gasteiger partial charge in [-0.2, -0.15) is 0 Å². The SMILES string of the molecule is CCOc1cc(/C=C2\SC(=S)N(CC)C2=O)cc(I)c1OCc1ccc([N+](=O)[O-])cc1. The van der Waals surface area contributed by atoms with Crippen LogP contribution in [0, 0.1) is 13.7 Å². The Morgan fingerprint density at radius 1 is 1.23 bits per heavy atom. The summed E-state index contributed by atoms with van der Waals surface area (Å²) >= 11 is 8.72. The molecule has 0 spiro atoms. The Kier molecular flexibility index (Phi) is 7.89. The molecular weight excluding hydrogens is 551 g/mol. The quantitative estimate of drug-likeness (QED) is 0.138. The molecule has 2 aromatic carbocycles. The lowest BCUT2D eigenvalue weighted by Gasteiger charge is -2.15. The number of carbonyl (C=O) groups excluding carboxylic acids is 1. The number of nitro groups is 1. The highest BCUT2D eigenvalue weighted by molar-refractivity contribution is 14.1. The Hall–Kier alpha value is -2.18. The van der Waals surface area contributed by atoms with Gasteiger partial charge in [0.15, 0.2) is 11.5 Å². The fourth-order valence-corrected chi connectivity index (χ4v) is 5.03. The first-order valence-electron chi connectivity index (χ1n) is 9.41. The van der Waals surface area contributed by atoms with Crippen molar-refractivity contribution in [2.75, 3.05) is 13.2 Å². The number of amides is 1. The van der Waals surface area contributed by atoms with Crippen LogP contribution in [0.25, 0.3) is 6.08 Å². The molecule has 0 radical (unpaired) electrons. The number of hydrogen-bond acceptors (Lipinski definition) is 7. The van der Waals surface area contributed by atoms with Crippen molar-refractivity contribution in [1.29, 1.82) is 0 Å². The largest absolute Gasteiger partial charge is 0.490 e. The zero-order valence-electron chi connectivity index (χ0n) is 16.8. The van der Waals surface area contributed by atoms with Gasteiger partial charge in [-0.3, -0.25) is 19.8 Å². The van der Waals surface area contributed by atoms with E-state index in [9.17, 15) is 14.9 Å². The second kappa shape index (κ2) is 10.4. The molecule has 10 heteroatoms. The molecule has 7 nitrogen and oxygen atoms in total.